The van der Waals surface area contributed by atoms with E-state index in [4.69, 9.17) is 4.74 Å². The van der Waals surface area contributed by atoms with Crippen molar-refractivity contribution in [2.45, 2.75) is 85.5 Å². The Morgan fingerprint density at radius 3 is 2.40 bits per heavy atom. The summed E-state index contributed by atoms with van der Waals surface area (Å²) in [7, 11) is -2.84. The van der Waals surface area contributed by atoms with E-state index in [-0.39, 0.29) is 23.2 Å². The maximum absolute atomic E-state index is 12.2. The summed E-state index contributed by atoms with van der Waals surface area (Å²) in [6.07, 6.45) is 15.9. The number of anilines is 1. The molecule has 0 spiro atoms. The minimum atomic E-state index is -2.84. The molecule has 47 heavy (non-hydrogen) atoms. The Balaban J connectivity index is 0.000000385. The molecule has 0 N–H and O–H groups in total. The fraction of sp³-hybridized carbons (Fsp3) is 0.590. The second-order valence-corrected chi connectivity index (χ2v) is 16.1. The van der Waals surface area contributed by atoms with Crippen molar-refractivity contribution < 1.29 is 22.7 Å². The molecule has 8 heteroatoms. The minimum absolute atomic E-state index is 0.0418. The SMILES string of the molecule is CC(=O)N1CCS(=O)(=O)CC1.CCCC/C=C/C[C@@H]1CC[C@H]1CN1C[C@@H](CCCc2cccc(C)c2)COc2ccc(C(C)=O)cc21. The number of rotatable bonds is 12. The number of fused-ring (bicyclic) bond motifs is 1. The van der Waals surface area contributed by atoms with Gasteiger partial charge in [-0.25, -0.2) is 8.42 Å². The molecule has 2 aromatic carbocycles. The van der Waals surface area contributed by atoms with Gasteiger partial charge in [0, 0.05) is 44.6 Å². The Morgan fingerprint density at radius 2 is 1.74 bits per heavy atom. The molecule has 2 fully saturated rings. The zero-order valence-electron chi connectivity index (χ0n) is 29.1. The molecular weight excluding hydrogens is 609 g/mol. The first kappa shape index (κ1) is 36.7. The number of hydrogen-bond donors (Lipinski definition) is 0. The zero-order chi connectivity index (χ0) is 33.8. The van der Waals surface area contributed by atoms with E-state index in [1.54, 1.807) is 11.8 Å². The largest absolute Gasteiger partial charge is 0.491 e. The summed E-state index contributed by atoms with van der Waals surface area (Å²) < 4.78 is 28.1. The van der Waals surface area contributed by atoms with Gasteiger partial charge in [0.1, 0.15) is 5.75 Å². The molecule has 0 aromatic heterocycles. The zero-order valence-corrected chi connectivity index (χ0v) is 29.9. The number of hydrogen-bond acceptors (Lipinski definition) is 6. The van der Waals surface area contributed by atoms with Crippen LogP contribution in [0.2, 0.25) is 0 Å². The maximum atomic E-state index is 12.2. The predicted molar refractivity (Wildman–Crippen MR) is 192 cm³/mol. The summed E-state index contributed by atoms with van der Waals surface area (Å²) in [6, 6.07) is 14.9. The van der Waals surface area contributed by atoms with Crippen LogP contribution in [0.15, 0.2) is 54.6 Å². The third kappa shape index (κ3) is 11.5. The van der Waals surface area contributed by atoms with Crippen molar-refractivity contribution in [3.05, 3.63) is 71.3 Å². The molecule has 3 aliphatic rings. The first-order valence-corrected chi connectivity index (χ1v) is 19.6. The van der Waals surface area contributed by atoms with Crippen molar-refractivity contribution in [3.8, 4) is 5.75 Å². The molecular formula is C39H56N2O5S. The van der Waals surface area contributed by atoms with Crippen molar-refractivity contribution >= 4 is 27.2 Å². The lowest BCUT2D eigenvalue weighted by atomic mass is 9.71. The van der Waals surface area contributed by atoms with E-state index in [9.17, 15) is 18.0 Å². The number of nitrogens with zero attached hydrogens (tertiary/aromatic N) is 2. The molecule has 1 amide bonds. The molecule has 1 aliphatic carbocycles. The van der Waals surface area contributed by atoms with Crippen molar-refractivity contribution in [1.82, 2.24) is 4.90 Å². The molecule has 2 aliphatic heterocycles. The molecule has 1 saturated carbocycles. The normalized spacial score (nSPS) is 21.9. The highest BCUT2D eigenvalue weighted by molar-refractivity contribution is 7.91. The van der Waals surface area contributed by atoms with Crippen molar-refractivity contribution in [1.29, 1.82) is 0 Å². The number of ketones is 1. The highest BCUT2D eigenvalue weighted by Gasteiger charge is 2.33. The van der Waals surface area contributed by atoms with E-state index >= 15 is 0 Å². The molecule has 3 atom stereocenters. The fourth-order valence-electron chi connectivity index (χ4n) is 6.80. The van der Waals surface area contributed by atoms with Gasteiger partial charge >= 0.3 is 0 Å². The summed E-state index contributed by atoms with van der Waals surface area (Å²) in [6.45, 7) is 11.1. The Hall–Kier alpha value is -3.13. The van der Waals surface area contributed by atoms with Crippen molar-refractivity contribution in [2.75, 3.05) is 49.2 Å². The van der Waals surface area contributed by atoms with Crippen LogP contribution < -0.4 is 9.64 Å². The first-order chi connectivity index (χ1) is 22.5. The number of unbranched alkanes of at least 4 members (excludes halogenated alkanes) is 2. The molecule has 0 bridgehead atoms. The lowest BCUT2D eigenvalue weighted by molar-refractivity contribution is -0.128. The Bertz CT molecular complexity index is 1460. The molecule has 2 aromatic rings. The average Bonchev–Trinajstić information content (AvgIpc) is 3.20. The lowest BCUT2D eigenvalue weighted by Gasteiger charge is -2.41. The Kier molecular flexibility index (Phi) is 13.9. The van der Waals surface area contributed by atoms with E-state index in [1.807, 2.05) is 12.1 Å². The summed E-state index contributed by atoms with van der Waals surface area (Å²) in [5, 5.41) is 0. The molecule has 2 heterocycles. The number of ether oxygens (including phenoxy) is 1. The van der Waals surface area contributed by atoms with Gasteiger partial charge in [-0.2, -0.15) is 0 Å². The smallest absolute Gasteiger partial charge is 0.219 e. The number of carbonyl (C=O) groups is 2. The third-order valence-corrected chi connectivity index (χ3v) is 11.6. The topological polar surface area (TPSA) is 84.0 Å². The number of allylic oxidation sites excluding steroid dienone is 2. The van der Waals surface area contributed by atoms with Crippen LogP contribution in [0.4, 0.5) is 5.69 Å². The van der Waals surface area contributed by atoms with Gasteiger partial charge in [0.2, 0.25) is 5.91 Å². The standard InChI is InChI=1S/C33H45NO2.C6H11NO3S/c1-4-5-6-7-8-15-29-16-17-31(29)23-34-22-28(14-10-13-27-12-9-11-25(2)20-27)24-36-33-19-18-30(26(3)35)21-32(33)34;1-6(8)7-2-4-11(9,10)5-3-7/h7-9,11-12,18-21,28-29,31H,4-6,10,13-17,22-24H2,1-3H3;2-5H2,1H3/b8-7+;/t28-,29-,31+;/m1./s1. The summed E-state index contributed by atoms with van der Waals surface area (Å²) in [5.74, 6) is 3.26. The summed E-state index contributed by atoms with van der Waals surface area (Å²) in [4.78, 5) is 27.0. The molecule has 1 saturated heterocycles. The van der Waals surface area contributed by atoms with E-state index in [0.717, 1.165) is 61.4 Å². The Morgan fingerprint density at radius 1 is 0.979 bits per heavy atom. The van der Waals surface area contributed by atoms with Crippen molar-refractivity contribution in [3.63, 3.8) is 0 Å². The maximum Gasteiger partial charge on any atom is 0.219 e. The molecule has 0 radical (unpaired) electrons. The third-order valence-electron chi connectivity index (χ3n) is 9.97. The second-order valence-electron chi connectivity index (χ2n) is 13.8. The van der Waals surface area contributed by atoms with Crippen LogP contribution in [-0.4, -0.2) is 69.3 Å². The molecule has 258 valence electrons. The van der Waals surface area contributed by atoms with Crippen LogP contribution in [0.25, 0.3) is 0 Å². The van der Waals surface area contributed by atoms with Gasteiger partial charge in [0.25, 0.3) is 0 Å². The van der Waals surface area contributed by atoms with Gasteiger partial charge in [-0.05, 0) is 94.4 Å². The molecule has 5 rings (SSSR count). The van der Waals surface area contributed by atoms with Crippen LogP contribution in [0.1, 0.15) is 93.6 Å². The number of amides is 1. The highest BCUT2D eigenvalue weighted by atomic mass is 32.2. The van der Waals surface area contributed by atoms with E-state index < -0.39 is 9.84 Å². The molecule has 7 nitrogen and oxygen atoms in total. The van der Waals surface area contributed by atoms with Gasteiger partial charge in [-0.15, -0.1) is 0 Å². The fourth-order valence-corrected chi connectivity index (χ4v) is 8.00. The van der Waals surface area contributed by atoms with Gasteiger partial charge < -0.3 is 14.5 Å². The van der Waals surface area contributed by atoms with Gasteiger partial charge in [-0.3, -0.25) is 9.59 Å². The van der Waals surface area contributed by atoms with Gasteiger partial charge in [0.05, 0.1) is 23.8 Å². The van der Waals surface area contributed by atoms with E-state index in [1.165, 1.54) is 63.0 Å². The average molecular weight is 665 g/mol. The summed E-state index contributed by atoms with van der Waals surface area (Å²) in [5.41, 5.74) is 4.67. The van der Waals surface area contributed by atoms with Gasteiger partial charge in [-0.1, -0.05) is 61.7 Å². The predicted octanol–water partition coefficient (Wildman–Crippen LogP) is 7.46. The summed E-state index contributed by atoms with van der Waals surface area (Å²) >= 11 is 0. The number of benzene rings is 2. The van der Waals surface area contributed by atoms with Crippen LogP contribution in [0, 0.1) is 24.7 Å². The van der Waals surface area contributed by atoms with Crippen LogP contribution in [0.5, 0.6) is 5.75 Å². The van der Waals surface area contributed by atoms with E-state index in [2.05, 4.69) is 61.2 Å². The van der Waals surface area contributed by atoms with Crippen LogP contribution in [0.3, 0.4) is 0 Å². The minimum Gasteiger partial charge on any atom is -0.491 e. The number of aryl methyl sites for hydroxylation is 2. The number of sulfone groups is 1. The Labute approximate surface area is 283 Å². The van der Waals surface area contributed by atoms with Crippen molar-refractivity contribution in [2.24, 2.45) is 17.8 Å². The quantitative estimate of drug-likeness (QED) is 0.133. The van der Waals surface area contributed by atoms with Gasteiger partial charge in [0.15, 0.2) is 15.6 Å². The van der Waals surface area contributed by atoms with Crippen LogP contribution in [-0.2, 0) is 21.1 Å². The number of Topliss-reactive ketones (excluding diaryl/α,β-unsaturated/α-hetero) is 1. The lowest BCUT2D eigenvalue weighted by Crippen LogP contribution is -2.42. The highest BCUT2D eigenvalue weighted by Crippen LogP contribution is 2.41. The number of carbonyl (C=O) groups excluding carboxylic acids is 2. The van der Waals surface area contributed by atoms with Crippen LogP contribution >= 0.6 is 0 Å². The first-order valence-electron chi connectivity index (χ1n) is 17.7. The van der Waals surface area contributed by atoms with E-state index in [0.29, 0.717) is 19.0 Å². The molecule has 0 unspecified atom stereocenters. The monoisotopic (exact) mass is 664 g/mol. The second kappa shape index (κ2) is 17.9.